The third-order valence-corrected chi connectivity index (χ3v) is 2.30. The molecule has 0 saturated heterocycles. The number of hydrogen-bond donors (Lipinski definition) is 2. The first-order chi connectivity index (χ1) is 8.13. The zero-order chi connectivity index (χ0) is 12.4. The van der Waals surface area contributed by atoms with E-state index in [-0.39, 0.29) is 12.4 Å². The van der Waals surface area contributed by atoms with Crippen LogP contribution in [0.2, 0.25) is 0 Å². The van der Waals surface area contributed by atoms with Gasteiger partial charge in [-0.05, 0) is 0 Å². The fraction of sp³-hybridized carbons (Fsp3) is 0.333. The molecule has 0 aliphatic rings. The quantitative estimate of drug-likeness (QED) is 0.723. The van der Waals surface area contributed by atoms with Crippen LogP contribution in [0.25, 0.3) is 11.2 Å². The van der Waals surface area contributed by atoms with Gasteiger partial charge in [0.1, 0.15) is 6.33 Å². The molecule has 8 heteroatoms. The van der Waals surface area contributed by atoms with Crippen molar-refractivity contribution in [2.75, 3.05) is 12.8 Å². The van der Waals surface area contributed by atoms with Crippen LogP contribution >= 0.6 is 0 Å². The molecule has 0 fully saturated rings. The number of nitrogen functional groups attached to an aromatic ring is 1. The lowest BCUT2D eigenvalue weighted by Crippen LogP contribution is -2.15. The molecule has 0 radical (unpaired) electrons. The number of imidazole rings is 1. The molecule has 2 heterocycles. The highest BCUT2D eigenvalue weighted by molar-refractivity contribution is 5.79. The van der Waals surface area contributed by atoms with Crippen molar-refractivity contribution in [2.45, 2.75) is 13.0 Å². The zero-order valence-electron chi connectivity index (χ0n) is 9.25. The van der Waals surface area contributed by atoms with Crippen LogP contribution in [0, 0.1) is 0 Å². The van der Waals surface area contributed by atoms with E-state index < -0.39 is 5.91 Å². The zero-order valence-corrected chi connectivity index (χ0v) is 9.25. The van der Waals surface area contributed by atoms with E-state index in [1.54, 1.807) is 4.57 Å². The van der Waals surface area contributed by atoms with Crippen molar-refractivity contribution in [1.29, 1.82) is 0 Å². The Labute approximate surface area is 96.6 Å². The van der Waals surface area contributed by atoms with Crippen LogP contribution in [0.4, 0.5) is 5.95 Å². The maximum atomic E-state index is 10.8. The van der Waals surface area contributed by atoms with Gasteiger partial charge in [-0.3, -0.25) is 9.36 Å². The molecule has 2 rings (SSSR count). The lowest BCUT2D eigenvalue weighted by molar-refractivity contribution is -0.118. The van der Waals surface area contributed by atoms with Crippen molar-refractivity contribution in [3.8, 4) is 5.88 Å². The number of aryl methyl sites for hydroxylation is 1. The number of aromatic nitrogens is 4. The monoisotopic (exact) mass is 236 g/mol. The van der Waals surface area contributed by atoms with Crippen LogP contribution in [0.5, 0.6) is 5.88 Å². The van der Waals surface area contributed by atoms with Gasteiger partial charge in [-0.1, -0.05) is 0 Å². The molecule has 0 aliphatic heterocycles. The van der Waals surface area contributed by atoms with Crippen LogP contribution in [-0.4, -0.2) is 32.5 Å². The van der Waals surface area contributed by atoms with Crippen molar-refractivity contribution in [2.24, 2.45) is 5.73 Å². The number of ether oxygens (including phenoxy) is 1. The Bertz CT molecular complexity index is 564. The Kier molecular flexibility index (Phi) is 2.77. The Balaban J connectivity index is 2.48. The minimum atomic E-state index is -0.410. The fourth-order valence-corrected chi connectivity index (χ4v) is 1.52. The fourth-order valence-electron chi connectivity index (χ4n) is 1.52. The van der Waals surface area contributed by atoms with Crippen LogP contribution in [0.1, 0.15) is 6.42 Å². The van der Waals surface area contributed by atoms with Gasteiger partial charge in [-0.2, -0.15) is 4.98 Å². The Hall–Kier alpha value is -2.38. The van der Waals surface area contributed by atoms with Gasteiger partial charge < -0.3 is 16.2 Å². The summed E-state index contributed by atoms with van der Waals surface area (Å²) in [6.45, 7) is 0.331. The number of carbonyl (C=O) groups excluding carboxylic acids is 1. The number of nitrogens with two attached hydrogens (primary N) is 2. The number of anilines is 1. The van der Waals surface area contributed by atoms with Gasteiger partial charge in [-0.15, -0.1) is 0 Å². The van der Waals surface area contributed by atoms with Gasteiger partial charge in [-0.25, -0.2) is 9.97 Å². The van der Waals surface area contributed by atoms with Crippen molar-refractivity contribution < 1.29 is 9.53 Å². The van der Waals surface area contributed by atoms with Crippen molar-refractivity contribution in [1.82, 2.24) is 19.5 Å². The van der Waals surface area contributed by atoms with Crippen LogP contribution < -0.4 is 16.2 Å². The molecule has 0 unspecified atom stereocenters. The largest absolute Gasteiger partial charge is 0.479 e. The smallest absolute Gasteiger partial charge is 0.245 e. The molecule has 4 N–H and O–H groups in total. The molecule has 1 amide bonds. The van der Waals surface area contributed by atoms with E-state index >= 15 is 0 Å². The average Bonchev–Trinajstić information content (AvgIpc) is 2.62. The molecule has 0 spiro atoms. The second-order valence-electron chi connectivity index (χ2n) is 3.39. The van der Waals surface area contributed by atoms with E-state index in [9.17, 15) is 4.79 Å². The second kappa shape index (κ2) is 4.24. The van der Waals surface area contributed by atoms with E-state index in [1.807, 2.05) is 0 Å². The summed E-state index contributed by atoms with van der Waals surface area (Å²) in [5, 5.41) is 0. The minimum Gasteiger partial charge on any atom is -0.479 e. The van der Waals surface area contributed by atoms with E-state index in [0.717, 1.165) is 0 Å². The van der Waals surface area contributed by atoms with Gasteiger partial charge in [0.25, 0.3) is 0 Å². The van der Waals surface area contributed by atoms with Gasteiger partial charge in [0.05, 0.1) is 7.11 Å². The molecule has 8 nitrogen and oxygen atoms in total. The number of amides is 1. The summed E-state index contributed by atoms with van der Waals surface area (Å²) in [5.74, 6) is 0.187. The Morgan fingerprint density at radius 1 is 1.53 bits per heavy atom. The summed E-state index contributed by atoms with van der Waals surface area (Å²) in [5.41, 5.74) is 11.8. The number of fused-ring (bicyclic) bond motifs is 1. The molecule has 2 aromatic rings. The highest BCUT2D eigenvalue weighted by atomic mass is 16.5. The van der Waals surface area contributed by atoms with Gasteiger partial charge in [0, 0.05) is 13.0 Å². The first kappa shape index (κ1) is 11.1. The highest BCUT2D eigenvalue weighted by Crippen LogP contribution is 2.22. The number of methoxy groups -OCH3 is 1. The first-order valence-electron chi connectivity index (χ1n) is 4.92. The third-order valence-electron chi connectivity index (χ3n) is 2.30. The number of carbonyl (C=O) groups is 1. The van der Waals surface area contributed by atoms with E-state index in [1.165, 1.54) is 13.4 Å². The normalized spacial score (nSPS) is 10.6. The van der Waals surface area contributed by atoms with E-state index in [4.69, 9.17) is 16.2 Å². The van der Waals surface area contributed by atoms with Crippen LogP contribution in [0.15, 0.2) is 6.33 Å². The molecular formula is C9H12N6O2. The molecule has 17 heavy (non-hydrogen) atoms. The summed E-state index contributed by atoms with van der Waals surface area (Å²) in [6, 6.07) is 0. The Morgan fingerprint density at radius 3 is 2.94 bits per heavy atom. The predicted molar refractivity (Wildman–Crippen MR) is 60.1 cm³/mol. The first-order valence-corrected chi connectivity index (χ1v) is 4.92. The van der Waals surface area contributed by atoms with Gasteiger partial charge in [0.15, 0.2) is 11.2 Å². The minimum absolute atomic E-state index is 0.169. The lowest BCUT2D eigenvalue weighted by Gasteiger charge is -2.03. The standard InChI is InChI=1S/C9H12N6O2/c1-17-8-6-7(12-4-13-8)15(9(11)14-6)3-2-5(10)16/h4H,2-3H2,1H3,(H2,10,16)(H2,11,14). The van der Waals surface area contributed by atoms with E-state index in [2.05, 4.69) is 15.0 Å². The van der Waals surface area contributed by atoms with Crippen LogP contribution in [-0.2, 0) is 11.3 Å². The summed E-state index contributed by atoms with van der Waals surface area (Å²) < 4.78 is 6.65. The summed E-state index contributed by atoms with van der Waals surface area (Å²) in [7, 11) is 1.49. The lowest BCUT2D eigenvalue weighted by atomic mass is 10.4. The molecule has 0 atom stereocenters. The molecule has 2 aromatic heterocycles. The topological polar surface area (TPSA) is 122 Å². The molecule has 0 bridgehead atoms. The maximum Gasteiger partial charge on any atom is 0.245 e. The maximum absolute atomic E-state index is 10.8. The second-order valence-corrected chi connectivity index (χ2v) is 3.39. The van der Waals surface area contributed by atoms with E-state index in [0.29, 0.717) is 23.6 Å². The summed E-state index contributed by atoms with van der Waals surface area (Å²) in [4.78, 5) is 22.8. The SMILES string of the molecule is COc1ncnc2c1nc(N)n2CCC(N)=O. The Morgan fingerprint density at radius 2 is 2.29 bits per heavy atom. The summed E-state index contributed by atoms with van der Waals surface area (Å²) in [6.07, 6.45) is 1.52. The van der Waals surface area contributed by atoms with Crippen LogP contribution in [0.3, 0.4) is 0 Å². The molecule has 0 aliphatic carbocycles. The van der Waals surface area contributed by atoms with Gasteiger partial charge >= 0.3 is 0 Å². The summed E-state index contributed by atoms with van der Waals surface area (Å²) >= 11 is 0. The average molecular weight is 236 g/mol. The molecular weight excluding hydrogens is 224 g/mol. The number of primary amides is 1. The van der Waals surface area contributed by atoms with Crippen molar-refractivity contribution in [3.05, 3.63) is 6.33 Å². The number of hydrogen-bond acceptors (Lipinski definition) is 6. The predicted octanol–water partition coefficient (Wildman–Crippen LogP) is -0.707. The van der Waals surface area contributed by atoms with Crippen molar-refractivity contribution in [3.63, 3.8) is 0 Å². The number of nitrogens with zero attached hydrogens (tertiary/aromatic N) is 4. The number of rotatable bonds is 4. The van der Waals surface area contributed by atoms with Gasteiger partial charge in [0.2, 0.25) is 17.7 Å². The molecule has 0 saturated carbocycles. The molecule has 90 valence electrons. The van der Waals surface area contributed by atoms with Crippen molar-refractivity contribution >= 4 is 23.0 Å². The third kappa shape index (κ3) is 1.96. The highest BCUT2D eigenvalue weighted by Gasteiger charge is 2.14. The molecule has 0 aromatic carbocycles.